The molecule has 0 fully saturated rings. The Hall–Kier alpha value is -1.61. The molecule has 0 bridgehead atoms. The minimum Gasteiger partial charge on any atom is -0.448 e. The summed E-state index contributed by atoms with van der Waals surface area (Å²) in [7, 11) is 0. The van der Waals surface area contributed by atoms with Crippen LogP contribution < -0.4 is 5.73 Å². The van der Waals surface area contributed by atoms with E-state index in [1.165, 1.54) is 11.1 Å². The van der Waals surface area contributed by atoms with E-state index in [2.05, 4.69) is 36.2 Å². The van der Waals surface area contributed by atoms with E-state index in [0.29, 0.717) is 6.54 Å². The van der Waals surface area contributed by atoms with Crippen molar-refractivity contribution in [2.75, 3.05) is 6.54 Å². The fourth-order valence-electron chi connectivity index (χ4n) is 1.75. The number of oxazole rings is 1. The lowest BCUT2D eigenvalue weighted by atomic mass is 10.1. The highest BCUT2D eigenvalue weighted by Gasteiger charge is 2.10. The summed E-state index contributed by atoms with van der Waals surface area (Å²) >= 11 is 0. The maximum Gasteiger partial charge on any atom is 0.198 e. The molecule has 1 aromatic carbocycles. The third kappa shape index (κ3) is 2.94. The van der Waals surface area contributed by atoms with Crippen LogP contribution in [0.5, 0.6) is 0 Å². The van der Waals surface area contributed by atoms with Gasteiger partial charge in [-0.15, -0.1) is 0 Å². The Morgan fingerprint density at radius 1 is 1.41 bits per heavy atom. The second-order valence-corrected chi connectivity index (χ2v) is 4.47. The van der Waals surface area contributed by atoms with Gasteiger partial charge in [-0.25, -0.2) is 4.98 Å². The number of nitrogens with two attached hydrogens (primary N) is 1. The first-order valence-corrected chi connectivity index (χ1v) is 5.89. The molecule has 0 saturated carbocycles. The highest BCUT2D eigenvalue weighted by molar-refractivity contribution is 5.24. The van der Waals surface area contributed by atoms with Crippen molar-refractivity contribution >= 4 is 0 Å². The Morgan fingerprint density at radius 2 is 2.24 bits per heavy atom. The van der Waals surface area contributed by atoms with Crippen LogP contribution >= 0.6 is 0 Å². The van der Waals surface area contributed by atoms with Crippen molar-refractivity contribution in [2.24, 2.45) is 5.73 Å². The molecule has 2 rings (SSSR count). The van der Waals surface area contributed by atoms with E-state index in [-0.39, 0.29) is 5.92 Å². The maximum atomic E-state index is 5.60. The van der Waals surface area contributed by atoms with Crippen molar-refractivity contribution in [3.63, 3.8) is 0 Å². The number of benzene rings is 1. The minimum atomic E-state index is 0.255. The molecule has 2 N–H and O–H groups in total. The first kappa shape index (κ1) is 11.9. The van der Waals surface area contributed by atoms with E-state index in [1.54, 1.807) is 6.26 Å². The van der Waals surface area contributed by atoms with Gasteiger partial charge in [0.25, 0.3) is 0 Å². The van der Waals surface area contributed by atoms with Crippen molar-refractivity contribution in [3.8, 4) is 0 Å². The van der Waals surface area contributed by atoms with E-state index in [0.717, 1.165) is 18.0 Å². The smallest absolute Gasteiger partial charge is 0.198 e. The highest BCUT2D eigenvalue weighted by atomic mass is 16.3. The molecule has 90 valence electrons. The average molecular weight is 230 g/mol. The average Bonchev–Trinajstić information content (AvgIpc) is 2.76. The summed E-state index contributed by atoms with van der Waals surface area (Å²) in [5.41, 5.74) is 9.02. The third-order valence-corrected chi connectivity index (χ3v) is 2.87. The molecule has 0 saturated heterocycles. The Labute approximate surface area is 102 Å². The molecule has 2 aromatic rings. The summed E-state index contributed by atoms with van der Waals surface area (Å²) in [6, 6.07) is 8.37. The molecule has 1 unspecified atom stereocenters. The molecule has 0 aliphatic rings. The van der Waals surface area contributed by atoms with Crippen molar-refractivity contribution in [1.82, 2.24) is 4.98 Å². The minimum absolute atomic E-state index is 0.255. The molecule has 3 heteroatoms. The Morgan fingerprint density at radius 3 is 2.94 bits per heavy atom. The van der Waals surface area contributed by atoms with Gasteiger partial charge in [-0.05, 0) is 12.5 Å². The number of hydrogen-bond acceptors (Lipinski definition) is 3. The fraction of sp³-hybridized carbons (Fsp3) is 0.357. The molecule has 0 spiro atoms. The predicted molar refractivity (Wildman–Crippen MR) is 68.0 cm³/mol. The summed E-state index contributed by atoms with van der Waals surface area (Å²) in [5.74, 6) is 1.01. The zero-order chi connectivity index (χ0) is 12.3. The van der Waals surface area contributed by atoms with Gasteiger partial charge in [0.05, 0.1) is 5.69 Å². The van der Waals surface area contributed by atoms with E-state index in [4.69, 9.17) is 10.2 Å². The molecule has 0 amide bonds. The van der Waals surface area contributed by atoms with Crippen LogP contribution in [-0.4, -0.2) is 11.5 Å². The van der Waals surface area contributed by atoms with Gasteiger partial charge in [0.1, 0.15) is 6.26 Å². The second-order valence-electron chi connectivity index (χ2n) is 4.47. The largest absolute Gasteiger partial charge is 0.448 e. The van der Waals surface area contributed by atoms with Gasteiger partial charge in [0.15, 0.2) is 5.89 Å². The molecule has 1 heterocycles. The standard InChI is InChI=1S/C14H18N2O/c1-10-4-3-5-12(6-10)7-14-16-13(9-17-14)11(2)8-15/h3-6,9,11H,7-8,15H2,1-2H3. The summed E-state index contributed by atoms with van der Waals surface area (Å²) in [4.78, 5) is 4.46. The lowest BCUT2D eigenvalue weighted by molar-refractivity contribution is 0.505. The monoisotopic (exact) mass is 230 g/mol. The van der Waals surface area contributed by atoms with Gasteiger partial charge in [-0.2, -0.15) is 0 Å². The molecule has 3 nitrogen and oxygen atoms in total. The highest BCUT2D eigenvalue weighted by Crippen LogP contribution is 2.16. The van der Waals surface area contributed by atoms with Crippen LogP contribution in [0, 0.1) is 6.92 Å². The number of hydrogen-bond donors (Lipinski definition) is 1. The molecule has 0 aliphatic heterocycles. The number of nitrogens with zero attached hydrogens (tertiary/aromatic N) is 1. The van der Waals surface area contributed by atoms with E-state index in [1.807, 2.05) is 6.92 Å². The van der Waals surface area contributed by atoms with Crippen molar-refractivity contribution in [2.45, 2.75) is 26.2 Å². The van der Waals surface area contributed by atoms with Crippen LogP contribution in [0.2, 0.25) is 0 Å². The number of rotatable bonds is 4. The van der Waals surface area contributed by atoms with Crippen LogP contribution in [0.25, 0.3) is 0 Å². The van der Waals surface area contributed by atoms with Crippen molar-refractivity contribution < 1.29 is 4.42 Å². The number of aryl methyl sites for hydroxylation is 1. The number of aromatic nitrogens is 1. The van der Waals surface area contributed by atoms with Crippen LogP contribution in [0.3, 0.4) is 0 Å². The molecular formula is C14H18N2O. The SMILES string of the molecule is Cc1cccc(Cc2nc(C(C)CN)co2)c1. The topological polar surface area (TPSA) is 52.0 Å². The van der Waals surface area contributed by atoms with Gasteiger partial charge in [-0.1, -0.05) is 36.8 Å². The van der Waals surface area contributed by atoms with Gasteiger partial charge < -0.3 is 10.2 Å². The molecule has 0 radical (unpaired) electrons. The van der Waals surface area contributed by atoms with E-state index < -0.39 is 0 Å². The normalized spacial score (nSPS) is 12.6. The lowest BCUT2D eigenvalue weighted by Gasteiger charge is -2.01. The van der Waals surface area contributed by atoms with Gasteiger partial charge in [0, 0.05) is 18.9 Å². The quantitative estimate of drug-likeness (QED) is 0.878. The lowest BCUT2D eigenvalue weighted by Crippen LogP contribution is -2.09. The zero-order valence-electron chi connectivity index (χ0n) is 10.3. The molecular weight excluding hydrogens is 212 g/mol. The van der Waals surface area contributed by atoms with Gasteiger partial charge >= 0.3 is 0 Å². The van der Waals surface area contributed by atoms with E-state index in [9.17, 15) is 0 Å². The maximum absolute atomic E-state index is 5.60. The molecule has 1 atom stereocenters. The summed E-state index contributed by atoms with van der Waals surface area (Å²) < 4.78 is 5.46. The van der Waals surface area contributed by atoms with Crippen molar-refractivity contribution in [3.05, 3.63) is 53.2 Å². The summed E-state index contributed by atoms with van der Waals surface area (Å²) in [6.07, 6.45) is 2.45. The first-order chi connectivity index (χ1) is 8.19. The predicted octanol–water partition coefficient (Wildman–Crippen LogP) is 2.64. The van der Waals surface area contributed by atoms with Crippen LogP contribution in [0.1, 0.15) is 35.6 Å². The van der Waals surface area contributed by atoms with E-state index >= 15 is 0 Å². The fourth-order valence-corrected chi connectivity index (χ4v) is 1.75. The third-order valence-electron chi connectivity index (χ3n) is 2.87. The van der Waals surface area contributed by atoms with Gasteiger partial charge in [-0.3, -0.25) is 0 Å². The second kappa shape index (κ2) is 5.15. The first-order valence-electron chi connectivity index (χ1n) is 5.89. The van der Waals surface area contributed by atoms with Crippen molar-refractivity contribution in [1.29, 1.82) is 0 Å². The Bertz CT molecular complexity index is 490. The summed E-state index contributed by atoms with van der Waals surface area (Å²) in [5, 5.41) is 0. The zero-order valence-corrected chi connectivity index (χ0v) is 10.3. The molecule has 0 aliphatic carbocycles. The van der Waals surface area contributed by atoms with Crippen LogP contribution in [-0.2, 0) is 6.42 Å². The van der Waals surface area contributed by atoms with Crippen LogP contribution in [0.4, 0.5) is 0 Å². The van der Waals surface area contributed by atoms with Gasteiger partial charge in [0.2, 0.25) is 0 Å². The Kier molecular flexibility index (Phi) is 3.59. The molecule has 17 heavy (non-hydrogen) atoms. The van der Waals surface area contributed by atoms with Crippen LogP contribution in [0.15, 0.2) is 34.9 Å². The Balaban J connectivity index is 2.11. The summed E-state index contributed by atoms with van der Waals surface area (Å²) in [6.45, 7) is 4.73. The molecule has 1 aromatic heterocycles.